The van der Waals surface area contributed by atoms with E-state index >= 15 is 0 Å². The summed E-state index contributed by atoms with van der Waals surface area (Å²) in [7, 11) is 1.48. The number of rotatable bonds is 2. The summed E-state index contributed by atoms with van der Waals surface area (Å²) in [5, 5.41) is 3.94. The summed E-state index contributed by atoms with van der Waals surface area (Å²) in [5.41, 5.74) is -0.111. The van der Waals surface area contributed by atoms with Gasteiger partial charge in [0.1, 0.15) is 5.69 Å². The SMILES string of the molecule is Cn1nc(C(=O)N2CC(N3C(=O)[C@@H]4CC=CC[C@H]4C3=O)C2)ccc1=O. The normalized spacial score (nSPS) is 26.0. The monoisotopic (exact) mass is 342 g/mol. The number of fused-ring (bicyclic) bond motifs is 1. The Morgan fingerprint density at radius 2 is 1.64 bits per heavy atom. The Balaban J connectivity index is 1.44. The maximum atomic E-state index is 12.5. The van der Waals surface area contributed by atoms with Crippen molar-refractivity contribution in [1.29, 1.82) is 0 Å². The number of likely N-dealkylation sites (tertiary alicyclic amines) is 2. The molecule has 1 aromatic heterocycles. The van der Waals surface area contributed by atoms with Crippen LogP contribution in [-0.4, -0.2) is 56.4 Å². The van der Waals surface area contributed by atoms with Crippen LogP contribution in [0.25, 0.3) is 0 Å². The first-order chi connectivity index (χ1) is 12.0. The molecule has 1 aromatic rings. The number of hydrogen-bond acceptors (Lipinski definition) is 5. The third kappa shape index (κ3) is 2.40. The van der Waals surface area contributed by atoms with Gasteiger partial charge < -0.3 is 4.90 Å². The molecule has 2 atom stereocenters. The van der Waals surface area contributed by atoms with E-state index in [9.17, 15) is 19.2 Å². The summed E-state index contributed by atoms with van der Waals surface area (Å²) >= 11 is 0. The molecule has 0 unspecified atom stereocenters. The van der Waals surface area contributed by atoms with Gasteiger partial charge in [0, 0.05) is 26.2 Å². The second kappa shape index (κ2) is 5.65. The molecule has 0 saturated carbocycles. The van der Waals surface area contributed by atoms with E-state index < -0.39 is 0 Å². The zero-order valence-corrected chi connectivity index (χ0v) is 13.8. The molecular weight excluding hydrogens is 324 g/mol. The highest BCUT2D eigenvalue weighted by molar-refractivity contribution is 6.06. The van der Waals surface area contributed by atoms with Crippen molar-refractivity contribution in [3.05, 3.63) is 40.3 Å². The van der Waals surface area contributed by atoms with Gasteiger partial charge in [-0.25, -0.2) is 4.68 Å². The largest absolute Gasteiger partial charge is 0.333 e. The summed E-state index contributed by atoms with van der Waals surface area (Å²) in [5.74, 6) is -1.02. The fourth-order valence-electron chi connectivity index (χ4n) is 3.75. The first kappa shape index (κ1) is 15.7. The molecule has 0 bridgehead atoms. The molecule has 1 aliphatic carbocycles. The number of allylic oxidation sites excluding steroid dienone is 2. The Morgan fingerprint density at radius 1 is 1.04 bits per heavy atom. The van der Waals surface area contributed by atoms with Gasteiger partial charge in [-0.15, -0.1) is 0 Å². The highest BCUT2D eigenvalue weighted by atomic mass is 16.2. The third-order valence-electron chi connectivity index (χ3n) is 5.24. The van der Waals surface area contributed by atoms with Gasteiger partial charge in [-0.3, -0.25) is 24.1 Å². The quantitative estimate of drug-likeness (QED) is 0.536. The van der Waals surface area contributed by atoms with Crippen LogP contribution in [-0.2, 0) is 16.6 Å². The number of nitrogens with zero attached hydrogens (tertiary/aromatic N) is 4. The maximum Gasteiger partial charge on any atom is 0.274 e. The van der Waals surface area contributed by atoms with Crippen LogP contribution >= 0.6 is 0 Å². The van der Waals surface area contributed by atoms with Crippen LogP contribution in [0.15, 0.2) is 29.1 Å². The molecule has 4 rings (SSSR count). The third-order valence-corrected chi connectivity index (χ3v) is 5.24. The summed E-state index contributed by atoms with van der Waals surface area (Å²) in [4.78, 5) is 51.7. The lowest BCUT2D eigenvalue weighted by Crippen LogP contribution is -2.62. The number of carbonyl (C=O) groups is 3. The Morgan fingerprint density at radius 3 is 2.20 bits per heavy atom. The molecule has 3 amide bonds. The molecule has 3 aliphatic rings. The maximum absolute atomic E-state index is 12.5. The Bertz CT molecular complexity index is 826. The number of aryl methyl sites for hydroxylation is 1. The molecule has 2 saturated heterocycles. The predicted octanol–water partition coefficient (Wildman–Crippen LogP) is -0.444. The van der Waals surface area contributed by atoms with Crippen LogP contribution in [0.3, 0.4) is 0 Å². The highest BCUT2D eigenvalue weighted by Crippen LogP contribution is 2.37. The number of aromatic nitrogens is 2. The van der Waals surface area contributed by atoms with E-state index in [1.54, 1.807) is 0 Å². The first-order valence-electron chi connectivity index (χ1n) is 8.33. The predicted molar refractivity (Wildman–Crippen MR) is 86.4 cm³/mol. The van der Waals surface area contributed by atoms with E-state index in [-0.39, 0.29) is 46.9 Å². The van der Waals surface area contributed by atoms with Crippen molar-refractivity contribution in [1.82, 2.24) is 19.6 Å². The number of carbonyl (C=O) groups excluding carboxylic acids is 3. The minimum Gasteiger partial charge on any atom is -0.333 e. The van der Waals surface area contributed by atoms with Gasteiger partial charge in [0.15, 0.2) is 0 Å². The molecule has 8 heteroatoms. The van der Waals surface area contributed by atoms with E-state index in [1.807, 2.05) is 12.2 Å². The molecular formula is C17H18N4O4. The van der Waals surface area contributed by atoms with Crippen LogP contribution in [0.4, 0.5) is 0 Å². The average molecular weight is 342 g/mol. The molecule has 2 fully saturated rings. The number of amides is 3. The summed E-state index contributed by atoms with van der Waals surface area (Å²) in [6.45, 7) is 0.626. The van der Waals surface area contributed by atoms with E-state index in [0.717, 1.165) is 4.68 Å². The van der Waals surface area contributed by atoms with Crippen LogP contribution < -0.4 is 5.56 Å². The second-order valence-electron chi connectivity index (χ2n) is 6.75. The van der Waals surface area contributed by atoms with Crippen LogP contribution in [0.2, 0.25) is 0 Å². The van der Waals surface area contributed by atoms with Crippen molar-refractivity contribution in [2.75, 3.05) is 13.1 Å². The number of imide groups is 1. The van der Waals surface area contributed by atoms with Crippen molar-refractivity contribution in [2.45, 2.75) is 18.9 Å². The summed E-state index contributed by atoms with van der Waals surface area (Å²) in [6.07, 6.45) is 5.14. The smallest absolute Gasteiger partial charge is 0.274 e. The van der Waals surface area contributed by atoms with Gasteiger partial charge in [-0.1, -0.05) is 12.2 Å². The standard InChI is InChI=1S/C17H18N4O4/c1-19-14(22)7-6-13(18-19)17(25)20-8-10(9-20)21-15(23)11-4-2-3-5-12(11)16(21)24/h2-3,6-7,10-12H,4-5,8-9H2,1H3/t11-,12-/m1/s1. The van der Waals surface area contributed by atoms with Crippen molar-refractivity contribution in [2.24, 2.45) is 18.9 Å². The van der Waals surface area contributed by atoms with E-state index in [1.165, 1.54) is 29.0 Å². The van der Waals surface area contributed by atoms with Crippen molar-refractivity contribution in [3.63, 3.8) is 0 Å². The van der Waals surface area contributed by atoms with Gasteiger partial charge >= 0.3 is 0 Å². The average Bonchev–Trinajstić information content (AvgIpc) is 2.81. The van der Waals surface area contributed by atoms with Crippen molar-refractivity contribution < 1.29 is 14.4 Å². The van der Waals surface area contributed by atoms with Crippen molar-refractivity contribution in [3.8, 4) is 0 Å². The van der Waals surface area contributed by atoms with Gasteiger partial charge in [0.25, 0.3) is 11.5 Å². The van der Waals surface area contributed by atoms with Crippen LogP contribution in [0.1, 0.15) is 23.3 Å². The lowest BCUT2D eigenvalue weighted by Gasteiger charge is -2.42. The lowest BCUT2D eigenvalue weighted by atomic mass is 9.85. The van der Waals surface area contributed by atoms with Crippen LogP contribution in [0.5, 0.6) is 0 Å². The zero-order valence-electron chi connectivity index (χ0n) is 13.8. The van der Waals surface area contributed by atoms with Gasteiger partial charge in [0.05, 0.1) is 17.9 Å². The lowest BCUT2D eigenvalue weighted by molar-refractivity contribution is -0.145. The fourth-order valence-corrected chi connectivity index (χ4v) is 3.75. The van der Waals surface area contributed by atoms with E-state index in [0.29, 0.717) is 25.9 Å². The van der Waals surface area contributed by atoms with Crippen LogP contribution in [0, 0.1) is 11.8 Å². The molecule has 3 heterocycles. The van der Waals surface area contributed by atoms with Gasteiger partial charge in [-0.05, 0) is 18.9 Å². The molecule has 0 spiro atoms. The van der Waals surface area contributed by atoms with Gasteiger partial charge in [-0.2, -0.15) is 5.10 Å². The molecule has 130 valence electrons. The zero-order chi connectivity index (χ0) is 17.7. The Hall–Kier alpha value is -2.77. The molecule has 2 aliphatic heterocycles. The molecule has 0 N–H and O–H groups in total. The highest BCUT2D eigenvalue weighted by Gasteiger charge is 2.52. The van der Waals surface area contributed by atoms with E-state index in [2.05, 4.69) is 5.10 Å². The summed E-state index contributed by atoms with van der Waals surface area (Å²) < 4.78 is 1.11. The molecule has 0 aromatic carbocycles. The van der Waals surface area contributed by atoms with E-state index in [4.69, 9.17) is 0 Å². The number of hydrogen-bond donors (Lipinski definition) is 0. The van der Waals surface area contributed by atoms with Gasteiger partial charge in [0.2, 0.25) is 11.8 Å². The first-order valence-corrected chi connectivity index (χ1v) is 8.33. The minimum atomic E-state index is -0.301. The topological polar surface area (TPSA) is 92.6 Å². The molecule has 25 heavy (non-hydrogen) atoms. The second-order valence-corrected chi connectivity index (χ2v) is 6.75. The summed E-state index contributed by atoms with van der Waals surface area (Å²) in [6, 6.07) is 2.43. The Labute approximate surface area is 143 Å². The van der Waals surface area contributed by atoms with Crippen molar-refractivity contribution >= 4 is 17.7 Å². The fraction of sp³-hybridized carbons (Fsp3) is 0.471. The molecule has 0 radical (unpaired) electrons. The minimum absolute atomic E-state index is 0.114. The molecule has 8 nitrogen and oxygen atoms in total. The Kier molecular flexibility index (Phi) is 3.55.